The number of nitrogens with two attached hydrogens (primary N) is 1. The van der Waals surface area contributed by atoms with Crippen molar-refractivity contribution >= 4 is 11.5 Å². The Morgan fingerprint density at radius 1 is 1.42 bits per heavy atom. The molecule has 0 bridgehead atoms. The van der Waals surface area contributed by atoms with Gasteiger partial charge in [-0.25, -0.2) is 0 Å². The molecule has 2 heterocycles. The molecule has 3 N–H and O–H groups in total. The molecular formula is C14H24N4O. The van der Waals surface area contributed by atoms with Crippen LogP contribution in [0.3, 0.4) is 0 Å². The Labute approximate surface area is 115 Å². The lowest BCUT2D eigenvalue weighted by Crippen LogP contribution is -2.36. The monoisotopic (exact) mass is 264 g/mol. The molecule has 0 amide bonds. The number of nitrogens with zero attached hydrogens (tertiary/aromatic N) is 2. The van der Waals surface area contributed by atoms with E-state index in [0.717, 1.165) is 19.0 Å². The van der Waals surface area contributed by atoms with Crippen LogP contribution in [0.5, 0.6) is 5.88 Å². The van der Waals surface area contributed by atoms with E-state index >= 15 is 0 Å². The molecule has 0 atom stereocenters. The molecular weight excluding hydrogens is 240 g/mol. The lowest BCUT2D eigenvalue weighted by atomic mass is 9.99. The maximum absolute atomic E-state index is 5.89. The van der Waals surface area contributed by atoms with Gasteiger partial charge in [0.1, 0.15) is 0 Å². The number of pyridine rings is 1. The molecule has 106 valence electrons. The predicted molar refractivity (Wildman–Crippen MR) is 78.5 cm³/mol. The van der Waals surface area contributed by atoms with E-state index in [-0.39, 0.29) is 0 Å². The highest BCUT2D eigenvalue weighted by Gasteiger charge is 2.15. The first-order valence-electron chi connectivity index (χ1n) is 6.96. The maximum atomic E-state index is 5.89. The third kappa shape index (κ3) is 3.99. The van der Waals surface area contributed by atoms with Crippen LogP contribution in [0.15, 0.2) is 12.1 Å². The lowest BCUT2D eigenvalue weighted by molar-refractivity contribution is 0.199. The molecule has 5 nitrogen and oxygen atoms in total. The van der Waals surface area contributed by atoms with Crippen LogP contribution >= 0.6 is 0 Å². The van der Waals surface area contributed by atoms with Gasteiger partial charge in [0, 0.05) is 19.2 Å². The van der Waals surface area contributed by atoms with Crippen LogP contribution in [-0.2, 0) is 0 Å². The molecule has 2 rings (SSSR count). The fourth-order valence-corrected chi connectivity index (χ4v) is 2.33. The van der Waals surface area contributed by atoms with Gasteiger partial charge in [0.2, 0.25) is 5.88 Å². The van der Waals surface area contributed by atoms with Gasteiger partial charge in [0.05, 0.1) is 12.8 Å². The van der Waals surface area contributed by atoms with Crippen molar-refractivity contribution in [1.82, 2.24) is 9.88 Å². The third-order valence-corrected chi connectivity index (χ3v) is 3.71. The van der Waals surface area contributed by atoms with Crippen molar-refractivity contribution in [2.45, 2.75) is 19.8 Å². The molecule has 1 aromatic rings. The molecule has 0 unspecified atom stereocenters. The summed E-state index contributed by atoms with van der Waals surface area (Å²) in [6.07, 6.45) is 2.61. The lowest BCUT2D eigenvalue weighted by Gasteiger charge is -2.30. The fourth-order valence-electron chi connectivity index (χ4n) is 2.33. The molecule has 0 saturated carbocycles. The molecule has 1 fully saturated rings. The first-order chi connectivity index (χ1) is 9.19. The summed E-state index contributed by atoms with van der Waals surface area (Å²) in [6, 6.07) is 3.59. The van der Waals surface area contributed by atoms with Crippen LogP contribution in [-0.4, -0.2) is 43.2 Å². The number of nitrogen functional groups attached to an aromatic ring is 1. The minimum absolute atomic E-state index is 0.587. The number of hydrogen-bond acceptors (Lipinski definition) is 5. The van der Waals surface area contributed by atoms with Crippen LogP contribution < -0.4 is 15.8 Å². The Kier molecular flexibility index (Phi) is 4.85. The Morgan fingerprint density at radius 3 is 2.84 bits per heavy atom. The smallest absolute Gasteiger partial charge is 0.215 e. The minimum atomic E-state index is 0.587. The summed E-state index contributed by atoms with van der Waals surface area (Å²) in [7, 11) is 1.61. The van der Waals surface area contributed by atoms with Gasteiger partial charge in [-0.15, -0.1) is 0 Å². The zero-order valence-electron chi connectivity index (χ0n) is 11.9. The molecule has 19 heavy (non-hydrogen) atoms. The Hall–Kier alpha value is -1.49. The van der Waals surface area contributed by atoms with Gasteiger partial charge >= 0.3 is 0 Å². The van der Waals surface area contributed by atoms with Crippen molar-refractivity contribution in [1.29, 1.82) is 0 Å². The van der Waals surface area contributed by atoms with Crippen LogP contribution in [0.4, 0.5) is 11.5 Å². The highest BCUT2D eigenvalue weighted by atomic mass is 16.5. The number of ether oxygens (including phenoxy) is 1. The average Bonchev–Trinajstić information content (AvgIpc) is 2.43. The highest BCUT2D eigenvalue weighted by Crippen LogP contribution is 2.19. The van der Waals surface area contributed by atoms with Gasteiger partial charge in [0.25, 0.3) is 0 Å². The summed E-state index contributed by atoms with van der Waals surface area (Å²) < 4.78 is 5.10. The molecule has 5 heteroatoms. The van der Waals surface area contributed by atoms with E-state index in [9.17, 15) is 0 Å². The maximum Gasteiger partial charge on any atom is 0.215 e. The largest absolute Gasteiger partial charge is 0.481 e. The van der Waals surface area contributed by atoms with E-state index in [1.807, 2.05) is 6.07 Å². The number of hydrogen-bond donors (Lipinski definition) is 2. The van der Waals surface area contributed by atoms with E-state index in [4.69, 9.17) is 10.5 Å². The Bertz CT molecular complexity index is 402. The summed E-state index contributed by atoms with van der Waals surface area (Å²) in [5.74, 6) is 2.17. The average molecular weight is 264 g/mol. The van der Waals surface area contributed by atoms with E-state index in [2.05, 4.69) is 22.1 Å². The first-order valence-corrected chi connectivity index (χ1v) is 6.96. The van der Waals surface area contributed by atoms with E-state index < -0.39 is 0 Å². The second-order valence-electron chi connectivity index (χ2n) is 5.24. The van der Waals surface area contributed by atoms with Gasteiger partial charge in [0.15, 0.2) is 5.82 Å². The standard InChI is InChI=1S/C14H24N4O/c1-11-5-8-18(9-6-11)10-7-16-14-12(15)3-4-13(17-14)19-2/h3-4,11H,5-10,15H2,1-2H3,(H,16,17). The van der Waals surface area contributed by atoms with Crippen molar-refractivity contribution < 1.29 is 4.74 Å². The predicted octanol–water partition coefficient (Wildman–Crippen LogP) is 1.82. The first kappa shape index (κ1) is 13.9. The SMILES string of the molecule is COc1ccc(N)c(NCCN2CCC(C)CC2)n1. The fraction of sp³-hybridized carbons (Fsp3) is 0.643. The van der Waals surface area contributed by atoms with Crippen molar-refractivity contribution in [3.63, 3.8) is 0 Å². The summed E-state index contributed by atoms with van der Waals surface area (Å²) in [6.45, 7) is 6.62. The number of piperidine rings is 1. The van der Waals surface area contributed by atoms with Crippen molar-refractivity contribution in [3.05, 3.63) is 12.1 Å². The van der Waals surface area contributed by atoms with Gasteiger partial charge in [-0.3, -0.25) is 0 Å². The molecule has 0 aromatic carbocycles. The molecule has 0 aliphatic carbocycles. The van der Waals surface area contributed by atoms with Gasteiger partial charge < -0.3 is 20.7 Å². The van der Waals surface area contributed by atoms with Gasteiger partial charge in [-0.2, -0.15) is 4.98 Å². The summed E-state index contributed by atoms with van der Waals surface area (Å²) in [5, 5.41) is 3.29. The second-order valence-corrected chi connectivity index (χ2v) is 5.24. The molecule has 1 aliphatic heterocycles. The van der Waals surface area contributed by atoms with E-state index in [0.29, 0.717) is 17.4 Å². The van der Waals surface area contributed by atoms with Gasteiger partial charge in [-0.05, 0) is 37.9 Å². The number of likely N-dealkylation sites (tertiary alicyclic amines) is 1. The molecule has 0 spiro atoms. The molecule has 1 aromatic heterocycles. The normalized spacial score (nSPS) is 17.4. The number of methoxy groups -OCH3 is 1. The molecule has 1 aliphatic rings. The zero-order valence-corrected chi connectivity index (χ0v) is 11.9. The minimum Gasteiger partial charge on any atom is -0.481 e. The quantitative estimate of drug-likeness (QED) is 0.849. The van der Waals surface area contributed by atoms with Crippen LogP contribution in [0.2, 0.25) is 0 Å². The second kappa shape index (κ2) is 6.61. The van der Waals surface area contributed by atoms with Crippen molar-refractivity contribution in [3.8, 4) is 5.88 Å². The van der Waals surface area contributed by atoms with Crippen LogP contribution in [0.25, 0.3) is 0 Å². The third-order valence-electron chi connectivity index (χ3n) is 3.71. The Morgan fingerprint density at radius 2 is 2.16 bits per heavy atom. The van der Waals surface area contributed by atoms with Crippen LogP contribution in [0, 0.1) is 5.92 Å². The number of nitrogens with one attached hydrogen (secondary N) is 1. The van der Waals surface area contributed by atoms with Crippen LogP contribution in [0.1, 0.15) is 19.8 Å². The van der Waals surface area contributed by atoms with Crippen molar-refractivity contribution in [2.24, 2.45) is 5.92 Å². The van der Waals surface area contributed by atoms with Crippen molar-refractivity contribution in [2.75, 3.05) is 44.3 Å². The highest BCUT2D eigenvalue weighted by molar-refractivity contribution is 5.61. The van der Waals surface area contributed by atoms with Gasteiger partial charge in [-0.1, -0.05) is 6.92 Å². The zero-order chi connectivity index (χ0) is 13.7. The summed E-state index contributed by atoms with van der Waals surface area (Å²) in [5.41, 5.74) is 6.55. The number of aromatic nitrogens is 1. The van der Waals surface area contributed by atoms with E-state index in [1.165, 1.54) is 25.9 Å². The number of rotatable bonds is 5. The van der Waals surface area contributed by atoms with E-state index in [1.54, 1.807) is 13.2 Å². The number of anilines is 2. The Balaban J connectivity index is 1.79. The molecule has 1 saturated heterocycles. The molecule has 0 radical (unpaired) electrons. The summed E-state index contributed by atoms with van der Waals surface area (Å²) in [4.78, 5) is 6.80. The topological polar surface area (TPSA) is 63.4 Å². The summed E-state index contributed by atoms with van der Waals surface area (Å²) >= 11 is 0.